The maximum atomic E-state index is 12.1. The minimum atomic E-state index is -1.11. The summed E-state index contributed by atoms with van der Waals surface area (Å²) < 4.78 is 6.70. The van der Waals surface area contributed by atoms with Gasteiger partial charge in [-0.1, -0.05) is 6.92 Å². The Balaban J connectivity index is 2.66. The van der Waals surface area contributed by atoms with E-state index in [2.05, 4.69) is 4.98 Å². The van der Waals surface area contributed by atoms with Crippen LogP contribution in [0.1, 0.15) is 40.7 Å². The van der Waals surface area contributed by atoms with Crippen LogP contribution in [0.25, 0.3) is 11.0 Å². The fourth-order valence-electron chi connectivity index (χ4n) is 2.16. The SMILES string of the molecule is CCCC(=O)c1cc2nc(C(=O)O)n(C)c2cc1OC. The fraction of sp³-hybridized carbons (Fsp3) is 0.357. The van der Waals surface area contributed by atoms with E-state index in [0.29, 0.717) is 28.8 Å². The van der Waals surface area contributed by atoms with Crippen LogP contribution in [0.15, 0.2) is 12.1 Å². The molecule has 0 saturated heterocycles. The number of fused-ring (bicyclic) bond motifs is 1. The minimum Gasteiger partial charge on any atom is -0.496 e. The van der Waals surface area contributed by atoms with Crippen molar-refractivity contribution in [1.82, 2.24) is 9.55 Å². The monoisotopic (exact) mass is 276 g/mol. The number of aromatic nitrogens is 2. The zero-order valence-corrected chi connectivity index (χ0v) is 11.6. The summed E-state index contributed by atoms with van der Waals surface area (Å²) in [6.45, 7) is 1.92. The molecule has 1 N–H and O–H groups in total. The number of hydrogen-bond acceptors (Lipinski definition) is 4. The maximum Gasteiger partial charge on any atom is 0.372 e. The van der Waals surface area contributed by atoms with Crippen molar-refractivity contribution in [3.63, 3.8) is 0 Å². The Bertz CT molecular complexity index is 688. The summed E-state index contributed by atoms with van der Waals surface area (Å²) in [6, 6.07) is 3.25. The second-order valence-electron chi connectivity index (χ2n) is 4.51. The van der Waals surface area contributed by atoms with Crippen molar-refractivity contribution in [1.29, 1.82) is 0 Å². The van der Waals surface area contributed by atoms with Crippen LogP contribution in [0.4, 0.5) is 0 Å². The Morgan fingerprint density at radius 2 is 2.10 bits per heavy atom. The number of methoxy groups -OCH3 is 1. The predicted molar refractivity (Wildman–Crippen MR) is 73.5 cm³/mol. The molecule has 0 fully saturated rings. The van der Waals surface area contributed by atoms with Crippen molar-refractivity contribution in [3.05, 3.63) is 23.5 Å². The minimum absolute atomic E-state index is 0.0335. The predicted octanol–water partition coefficient (Wildman–Crippen LogP) is 2.26. The Hall–Kier alpha value is -2.37. The molecule has 0 atom stereocenters. The van der Waals surface area contributed by atoms with E-state index < -0.39 is 5.97 Å². The number of hydrogen-bond donors (Lipinski definition) is 1. The van der Waals surface area contributed by atoms with Gasteiger partial charge >= 0.3 is 5.97 Å². The van der Waals surface area contributed by atoms with Gasteiger partial charge in [0.25, 0.3) is 0 Å². The molecule has 0 spiro atoms. The summed E-state index contributed by atoms with van der Waals surface area (Å²) in [4.78, 5) is 27.2. The topological polar surface area (TPSA) is 81.4 Å². The van der Waals surface area contributed by atoms with Gasteiger partial charge in [-0.25, -0.2) is 9.78 Å². The highest BCUT2D eigenvalue weighted by atomic mass is 16.5. The van der Waals surface area contributed by atoms with E-state index >= 15 is 0 Å². The number of carbonyl (C=O) groups is 2. The zero-order chi connectivity index (χ0) is 14.9. The van der Waals surface area contributed by atoms with Crippen molar-refractivity contribution in [2.75, 3.05) is 7.11 Å². The van der Waals surface area contributed by atoms with Crippen LogP contribution in [0.5, 0.6) is 5.75 Å². The van der Waals surface area contributed by atoms with Crippen molar-refractivity contribution in [2.24, 2.45) is 7.05 Å². The number of carbonyl (C=O) groups excluding carboxylic acids is 1. The molecule has 0 aliphatic carbocycles. The number of benzene rings is 1. The van der Waals surface area contributed by atoms with Crippen LogP contribution >= 0.6 is 0 Å². The van der Waals surface area contributed by atoms with E-state index in [4.69, 9.17) is 9.84 Å². The van der Waals surface area contributed by atoms with E-state index in [-0.39, 0.29) is 11.6 Å². The highest BCUT2D eigenvalue weighted by Crippen LogP contribution is 2.27. The van der Waals surface area contributed by atoms with E-state index in [1.165, 1.54) is 11.7 Å². The number of ether oxygens (including phenoxy) is 1. The lowest BCUT2D eigenvalue weighted by Gasteiger charge is -2.08. The Morgan fingerprint density at radius 1 is 1.40 bits per heavy atom. The number of aryl methyl sites for hydroxylation is 1. The normalized spacial score (nSPS) is 10.8. The third-order valence-corrected chi connectivity index (χ3v) is 3.17. The summed E-state index contributed by atoms with van der Waals surface area (Å²) in [6.07, 6.45) is 1.16. The van der Waals surface area contributed by atoms with Crippen molar-refractivity contribution in [2.45, 2.75) is 19.8 Å². The first kappa shape index (κ1) is 14.0. The van der Waals surface area contributed by atoms with Gasteiger partial charge in [0.1, 0.15) is 5.75 Å². The number of ketones is 1. The molecule has 1 aromatic carbocycles. The molecular formula is C14H16N2O4. The summed E-state index contributed by atoms with van der Waals surface area (Å²) in [7, 11) is 3.10. The summed E-state index contributed by atoms with van der Waals surface area (Å²) in [5, 5.41) is 9.07. The molecule has 0 unspecified atom stereocenters. The van der Waals surface area contributed by atoms with Crippen LogP contribution in [0.2, 0.25) is 0 Å². The molecule has 6 heteroatoms. The standard InChI is InChI=1S/C14H16N2O4/c1-4-5-11(17)8-6-9-10(7-12(8)20-3)16(2)13(15-9)14(18)19/h6-7H,4-5H2,1-3H3,(H,18,19). The van der Waals surface area contributed by atoms with E-state index in [1.54, 1.807) is 19.2 Å². The summed E-state index contributed by atoms with van der Waals surface area (Å²) in [5.74, 6) is -0.768. The van der Waals surface area contributed by atoms with Crippen molar-refractivity contribution >= 4 is 22.8 Å². The molecule has 106 valence electrons. The van der Waals surface area contributed by atoms with Gasteiger partial charge in [-0.3, -0.25) is 4.79 Å². The van der Waals surface area contributed by atoms with Crippen LogP contribution in [-0.2, 0) is 7.05 Å². The lowest BCUT2D eigenvalue weighted by Crippen LogP contribution is -2.05. The Morgan fingerprint density at radius 3 is 2.65 bits per heavy atom. The highest BCUT2D eigenvalue weighted by Gasteiger charge is 2.19. The average molecular weight is 276 g/mol. The quantitative estimate of drug-likeness (QED) is 0.847. The van der Waals surface area contributed by atoms with Gasteiger partial charge < -0.3 is 14.4 Å². The third-order valence-electron chi connectivity index (χ3n) is 3.17. The van der Waals surface area contributed by atoms with Gasteiger partial charge in [-0.05, 0) is 12.5 Å². The van der Waals surface area contributed by atoms with Crippen LogP contribution in [-0.4, -0.2) is 33.5 Å². The van der Waals surface area contributed by atoms with Gasteiger partial charge in [-0.15, -0.1) is 0 Å². The molecule has 0 radical (unpaired) electrons. The smallest absolute Gasteiger partial charge is 0.372 e. The van der Waals surface area contributed by atoms with Crippen LogP contribution in [0.3, 0.4) is 0 Å². The lowest BCUT2D eigenvalue weighted by atomic mass is 10.0. The molecule has 1 heterocycles. The maximum absolute atomic E-state index is 12.1. The second kappa shape index (κ2) is 5.32. The molecule has 6 nitrogen and oxygen atoms in total. The first-order chi connectivity index (χ1) is 9.49. The number of rotatable bonds is 5. The number of Topliss-reactive ketones (excluding diaryl/α,β-unsaturated/α-hetero) is 1. The average Bonchev–Trinajstić information content (AvgIpc) is 2.74. The van der Waals surface area contributed by atoms with E-state index in [0.717, 1.165) is 6.42 Å². The molecule has 0 aliphatic rings. The number of carboxylic acid groups (broad SMARTS) is 1. The summed E-state index contributed by atoms with van der Waals surface area (Å²) in [5.41, 5.74) is 1.54. The molecule has 0 amide bonds. The van der Waals surface area contributed by atoms with Gasteiger partial charge in [0, 0.05) is 19.5 Å². The molecular weight excluding hydrogens is 260 g/mol. The molecule has 0 saturated carbocycles. The van der Waals surface area contributed by atoms with E-state index in [9.17, 15) is 9.59 Å². The van der Waals surface area contributed by atoms with Gasteiger partial charge in [0.2, 0.25) is 5.82 Å². The number of imidazole rings is 1. The number of nitrogens with zero attached hydrogens (tertiary/aromatic N) is 2. The Kier molecular flexibility index (Phi) is 3.74. The van der Waals surface area contributed by atoms with Gasteiger partial charge in [0.05, 0.1) is 23.7 Å². The highest BCUT2D eigenvalue weighted by molar-refractivity contribution is 6.02. The molecule has 2 aromatic rings. The summed E-state index contributed by atoms with van der Waals surface area (Å²) >= 11 is 0. The largest absolute Gasteiger partial charge is 0.496 e. The van der Waals surface area contributed by atoms with Gasteiger partial charge in [-0.2, -0.15) is 0 Å². The molecule has 2 rings (SSSR count). The third kappa shape index (κ3) is 2.24. The van der Waals surface area contributed by atoms with Crippen LogP contribution < -0.4 is 4.74 Å². The molecule has 0 bridgehead atoms. The van der Waals surface area contributed by atoms with Crippen molar-refractivity contribution < 1.29 is 19.4 Å². The number of carboxylic acids is 1. The molecule has 0 aliphatic heterocycles. The fourth-order valence-corrected chi connectivity index (χ4v) is 2.16. The molecule has 1 aromatic heterocycles. The van der Waals surface area contributed by atoms with Crippen LogP contribution in [0, 0.1) is 0 Å². The lowest BCUT2D eigenvalue weighted by molar-refractivity contribution is 0.0680. The van der Waals surface area contributed by atoms with Gasteiger partial charge in [0.15, 0.2) is 5.78 Å². The molecule has 20 heavy (non-hydrogen) atoms. The van der Waals surface area contributed by atoms with Crippen molar-refractivity contribution in [3.8, 4) is 5.75 Å². The number of aromatic carboxylic acids is 1. The Labute approximate surface area is 116 Å². The van der Waals surface area contributed by atoms with E-state index in [1.807, 2.05) is 6.92 Å². The zero-order valence-electron chi connectivity index (χ0n) is 11.6. The first-order valence-electron chi connectivity index (χ1n) is 6.30. The first-order valence-corrected chi connectivity index (χ1v) is 6.30. The second-order valence-corrected chi connectivity index (χ2v) is 4.51.